The fourth-order valence-electron chi connectivity index (χ4n) is 4.70. The number of carbonyl (C=O) groups excluding carboxylic acids is 1. The van der Waals surface area contributed by atoms with Crippen molar-refractivity contribution in [3.05, 3.63) is 57.9 Å². The van der Waals surface area contributed by atoms with Gasteiger partial charge in [-0.05, 0) is 31.3 Å². The lowest BCUT2D eigenvalue weighted by atomic mass is 10.1. The number of amides is 1. The zero-order valence-electron chi connectivity index (χ0n) is 21.0. The second kappa shape index (κ2) is 19.3. The van der Waals surface area contributed by atoms with E-state index in [1.54, 1.807) is 25.3 Å². The summed E-state index contributed by atoms with van der Waals surface area (Å²) in [5, 5.41) is 12.8. The molecule has 3 aromatic rings. The van der Waals surface area contributed by atoms with Crippen molar-refractivity contribution >= 4 is 33.9 Å². The highest BCUT2D eigenvalue weighted by molar-refractivity contribution is 6.04. The molecule has 5 rings (SSSR count). The molecule has 0 bridgehead atoms. The number of nitriles is 1. The van der Waals surface area contributed by atoms with Crippen LogP contribution in [0, 0.1) is 11.3 Å². The molecule has 0 spiro atoms. The fraction of sp³-hybridized carbons (Fsp3) is 0.500. The molecule has 10 heteroatoms. The number of nitrogens with zero attached hydrogens (tertiary/aromatic N) is 4. The summed E-state index contributed by atoms with van der Waals surface area (Å²) < 4.78 is 16.9. The summed E-state index contributed by atoms with van der Waals surface area (Å²) in [5.74, 6) is -0.119. The standard InChI is InChI=1S/C27H29N5O5.7CH4/c1-30-5-7-31(8-6-30)23-15-20(35-2)14-21-24(33)16-25(37-26(21)23)27(34)29-19-3-4-22(18(13-19)17-28)32-9-11-36-12-10-32;;;;;;;/h3-4,13-16H,5-12H2,1-2H3,(H,29,34);7*1H4. The summed E-state index contributed by atoms with van der Waals surface area (Å²) in [5.41, 5.74) is 2.42. The summed E-state index contributed by atoms with van der Waals surface area (Å²) in [6, 6.07) is 12.0. The van der Waals surface area contributed by atoms with Gasteiger partial charge in [-0.25, -0.2) is 0 Å². The Morgan fingerprint density at radius 3 is 2.07 bits per heavy atom. The van der Waals surface area contributed by atoms with Gasteiger partial charge in [-0.3, -0.25) is 9.59 Å². The van der Waals surface area contributed by atoms with Crippen LogP contribution in [0.5, 0.6) is 5.75 Å². The second-order valence-electron chi connectivity index (χ2n) is 9.19. The molecule has 2 fully saturated rings. The number of nitrogens with one attached hydrogen (secondary N) is 1. The molecule has 0 radical (unpaired) electrons. The molecule has 0 aliphatic carbocycles. The third-order valence-electron chi connectivity index (χ3n) is 6.81. The van der Waals surface area contributed by atoms with Crippen molar-refractivity contribution in [3.8, 4) is 11.8 Å². The molecule has 2 aliphatic rings. The van der Waals surface area contributed by atoms with E-state index in [9.17, 15) is 14.9 Å². The van der Waals surface area contributed by atoms with E-state index in [0.29, 0.717) is 54.3 Å². The molecule has 44 heavy (non-hydrogen) atoms. The molecule has 248 valence electrons. The molecule has 0 atom stereocenters. The van der Waals surface area contributed by atoms with Gasteiger partial charge in [-0.2, -0.15) is 5.26 Å². The number of anilines is 3. The van der Waals surface area contributed by atoms with Gasteiger partial charge in [0.1, 0.15) is 11.8 Å². The third kappa shape index (κ3) is 9.21. The van der Waals surface area contributed by atoms with Crippen LogP contribution in [0.2, 0.25) is 0 Å². The van der Waals surface area contributed by atoms with Gasteiger partial charge in [0.15, 0.2) is 16.8 Å². The van der Waals surface area contributed by atoms with Crippen molar-refractivity contribution in [2.75, 3.05) is 81.8 Å². The van der Waals surface area contributed by atoms with Gasteiger partial charge in [0.05, 0.1) is 42.6 Å². The Hall–Kier alpha value is -4.07. The minimum absolute atomic E-state index is 0. The zero-order chi connectivity index (χ0) is 25.9. The molecule has 1 N–H and O–H groups in total. The lowest BCUT2D eigenvalue weighted by molar-refractivity contribution is 0.0997. The van der Waals surface area contributed by atoms with Crippen LogP contribution in [0.3, 0.4) is 0 Å². The lowest BCUT2D eigenvalue weighted by Gasteiger charge is -2.34. The monoisotopic (exact) mass is 615 g/mol. The number of hydrogen-bond acceptors (Lipinski definition) is 9. The van der Waals surface area contributed by atoms with Gasteiger partial charge < -0.3 is 33.9 Å². The van der Waals surface area contributed by atoms with E-state index in [4.69, 9.17) is 13.9 Å². The summed E-state index contributed by atoms with van der Waals surface area (Å²) in [4.78, 5) is 32.7. The van der Waals surface area contributed by atoms with E-state index in [-0.39, 0.29) is 63.2 Å². The van der Waals surface area contributed by atoms with E-state index in [1.807, 2.05) is 12.1 Å². The number of ether oxygens (including phenoxy) is 2. The van der Waals surface area contributed by atoms with Gasteiger partial charge in [0.2, 0.25) is 0 Å². The highest BCUT2D eigenvalue weighted by Crippen LogP contribution is 2.32. The van der Waals surface area contributed by atoms with Crippen LogP contribution < -0.4 is 25.3 Å². The van der Waals surface area contributed by atoms with Gasteiger partial charge in [0.25, 0.3) is 5.91 Å². The molecule has 2 aromatic carbocycles. The van der Waals surface area contributed by atoms with Gasteiger partial charge in [-0.1, -0.05) is 52.0 Å². The number of carbonyl (C=O) groups is 1. The Labute approximate surface area is 266 Å². The van der Waals surface area contributed by atoms with Crippen LogP contribution in [-0.4, -0.2) is 77.4 Å². The zero-order valence-corrected chi connectivity index (χ0v) is 21.0. The number of rotatable bonds is 5. The summed E-state index contributed by atoms with van der Waals surface area (Å²) >= 11 is 0. The van der Waals surface area contributed by atoms with Crippen molar-refractivity contribution in [1.82, 2.24) is 4.90 Å². The van der Waals surface area contributed by atoms with Crippen LogP contribution in [0.25, 0.3) is 11.0 Å². The molecule has 3 heterocycles. The van der Waals surface area contributed by atoms with E-state index < -0.39 is 5.91 Å². The minimum Gasteiger partial charge on any atom is -0.497 e. The van der Waals surface area contributed by atoms with E-state index in [1.165, 1.54) is 6.07 Å². The van der Waals surface area contributed by atoms with Crippen molar-refractivity contribution < 1.29 is 18.7 Å². The van der Waals surface area contributed by atoms with E-state index in [2.05, 4.69) is 33.1 Å². The molecule has 2 aliphatic heterocycles. The smallest absolute Gasteiger partial charge is 0.291 e. The Kier molecular flexibility index (Phi) is 19.4. The number of fused-ring (bicyclic) bond motifs is 1. The average molecular weight is 616 g/mol. The average Bonchev–Trinajstić information content (AvgIpc) is 2.93. The van der Waals surface area contributed by atoms with Crippen LogP contribution >= 0.6 is 0 Å². The fourth-order valence-corrected chi connectivity index (χ4v) is 4.70. The topological polar surface area (TPSA) is 111 Å². The quantitative estimate of drug-likeness (QED) is 0.325. The maximum absolute atomic E-state index is 13.2. The van der Waals surface area contributed by atoms with Gasteiger partial charge >= 0.3 is 0 Å². The Morgan fingerprint density at radius 2 is 1.48 bits per heavy atom. The highest BCUT2D eigenvalue weighted by Gasteiger charge is 2.22. The second-order valence-corrected chi connectivity index (χ2v) is 9.19. The van der Waals surface area contributed by atoms with Crippen LogP contribution in [0.1, 0.15) is 68.1 Å². The molecule has 2 saturated heterocycles. The first-order valence-corrected chi connectivity index (χ1v) is 12.2. The summed E-state index contributed by atoms with van der Waals surface area (Å²) in [7, 11) is 3.62. The highest BCUT2D eigenvalue weighted by atomic mass is 16.5. The number of morpholine rings is 1. The first kappa shape index (κ1) is 44.4. The molecular weight excluding hydrogens is 558 g/mol. The molecule has 1 amide bonds. The van der Waals surface area contributed by atoms with Crippen LogP contribution in [0.15, 0.2) is 45.6 Å². The SMILES string of the molecule is C.C.C.C.C.C.C.COc1cc(N2CCN(C)CC2)c2oc(C(=O)Nc3ccc(N4CCOCC4)c(C#N)c3)cc(=O)c2c1. The van der Waals surface area contributed by atoms with Crippen LogP contribution in [0.4, 0.5) is 17.1 Å². The Balaban J connectivity index is -0.00000240. The van der Waals surface area contributed by atoms with Gasteiger partial charge in [-0.15, -0.1) is 0 Å². The number of benzene rings is 2. The Bertz CT molecular complexity index is 1420. The molecule has 0 unspecified atom stereocenters. The lowest BCUT2D eigenvalue weighted by Crippen LogP contribution is -2.44. The van der Waals surface area contributed by atoms with Crippen molar-refractivity contribution in [1.29, 1.82) is 5.26 Å². The predicted octanol–water partition coefficient (Wildman–Crippen LogP) is 6.97. The largest absolute Gasteiger partial charge is 0.497 e. The molecule has 1 aromatic heterocycles. The Morgan fingerprint density at radius 1 is 0.864 bits per heavy atom. The number of hydrogen-bond donors (Lipinski definition) is 1. The van der Waals surface area contributed by atoms with Gasteiger partial charge in [0, 0.05) is 57.1 Å². The minimum atomic E-state index is -0.567. The number of piperazine rings is 1. The van der Waals surface area contributed by atoms with Crippen LogP contribution in [-0.2, 0) is 4.74 Å². The van der Waals surface area contributed by atoms with Crippen molar-refractivity contribution in [2.24, 2.45) is 0 Å². The summed E-state index contributed by atoms with van der Waals surface area (Å²) in [6.45, 7) is 5.84. The van der Waals surface area contributed by atoms with Crippen molar-refractivity contribution in [3.63, 3.8) is 0 Å². The maximum atomic E-state index is 13.2. The summed E-state index contributed by atoms with van der Waals surface area (Å²) in [6.07, 6.45) is 0. The predicted molar refractivity (Wildman–Crippen MR) is 188 cm³/mol. The normalized spacial score (nSPS) is 13.8. The number of methoxy groups -OCH3 is 1. The van der Waals surface area contributed by atoms with E-state index in [0.717, 1.165) is 37.6 Å². The number of likely N-dealkylation sites (N-methyl/N-ethyl adjacent to an activating group) is 1. The first-order chi connectivity index (χ1) is 18.0. The molecular formula is C34H57N5O5. The van der Waals surface area contributed by atoms with E-state index >= 15 is 0 Å². The molecule has 10 nitrogen and oxygen atoms in total. The maximum Gasteiger partial charge on any atom is 0.291 e. The van der Waals surface area contributed by atoms with Crippen molar-refractivity contribution in [2.45, 2.75) is 52.0 Å². The third-order valence-corrected chi connectivity index (χ3v) is 6.81. The first-order valence-electron chi connectivity index (χ1n) is 12.2. The molecule has 0 saturated carbocycles.